The molecule has 0 aliphatic heterocycles. The van der Waals surface area contributed by atoms with Crippen LogP contribution in [-0.4, -0.2) is 17.9 Å². The molecule has 1 aromatic heterocycles. The average molecular weight is 385 g/mol. The molecule has 98 valence electrons. The molecule has 3 nitrogen and oxygen atoms in total. The van der Waals surface area contributed by atoms with Gasteiger partial charge in [-0.3, -0.25) is 9.78 Å². The first-order valence-electron chi connectivity index (χ1n) is 5.56. The number of ketones is 1. The van der Waals surface area contributed by atoms with E-state index in [1.54, 1.807) is 37.7 Å². The van der Waals surface area contributed by atoms with Crippen LogP contribution in [0.3, 0.4) is 0 Å². The molecule has 0 unspecified atom stereocenters. The van der Waals surface area contributed by atoms with Crippen LogP contribution in [0.4, 0.5) is 0 Å². The van der Waals surface area contributed by atoms with E-state index in [0.29, 0.717) is 17.7 Å². The summed E-state index contributed by atoms with van der Waals surface area (Å²) in [4.78, 5) is 16.2. The van der Waals surface area contributed by atoms with Crippen molar-refractivity contribution in [1.29, 1.82) is 0 Å². The fourth-order valence-corrected chi connectivity index (χ4v) is 2.63. The third-order valence-electron chi connectivity index (χ3n) is 2.60. The Morgan fingerprint density at radius 2 is 2.05 bits per heavy atom. The van der Waals surface area contributed by atoms with E-state index in [-0.39, 0.29) is 5.78 Å². The predicted molar refractivity (Wildman–Crippen MR) is 80.7 cm³/mol. The number of rotatable bonds is 4. The highest BCUT2D eigenvalue weighted by atomic mass is 79.9. The zero-order valence-corrected chi connectivity index (χ0v) is 13.4. The Hall–Kier alpha value is -1.20. The van der Waals surface area contributed by atoms with Crippen LogP contribution in [0.15, 0.2) is 45.6 Å². The number of halogens is 2. The number of methoxy groups -OCH3 is 1. The lowest BCUT2D eigenvalue weighted by atomic mass is 10.0. The summed E-state index contributed by atoms with van der Waals surface area (Å²) in [5.74, 6) is 0.754. The van der Waals surface area contributed by atoms with Crippen LogP contribution in [0.1, 0.15) is 15.9 Å². The van der Waals surface area contributed by atoms with Gasteiger partial charge in [0.1, 0.15) is 5.75 Å². The maximum absolute atomic E-state index is 12.2. The summed E-state index contributed by atoms with van der Waals surface area (Å²) < 4.78 is 6.78. The minimum atomic E-state index is 0.0447. The van der Waals surface area contributed by atoms with E-state index < -0.39 is 0 Å². The molecule has 0 fully saturated rings. The van der Waals surface area contributed by atoms with E-state index in [1.165, 1.54) is 0 Å². The average Bonchev–Trinajstić information content (AvgIpc) is 2.38. The van der Waals surface area contributed by atoms with Gasteiger partial charge in [0.25, 0.3) is 0 Å². The molecule has 0 aliphatic rings. The van der Waals surface area contributed by atoms with Crippen molar-refractivity contribution in [3.8, 4) is 5.75 Å². The third kappa shape index (κ3) is 3.64. The molecule has 0 amide bonds. The first kappa shape index (κ1) is 14.2. The normalized spacial score (nSPS) is 10.3. The van der Waals surface area contributed by atoms with Crippen LogP contribution in [0, 0.1) is 0 Å². The first-order chi connectivity index (χ1) is 9.10. The summed E-state index contributed by atoms with van der Waals surface area (Å²) in [7, 11) is 1.59. The number of benzene rings is 1. The Morgan fingerprint density at radius 1 is 1.26 bits per heavy atom. The molecular weight excluding hydrogens is 374 g/mol. The van der Waals surface area contributed by atoms with Crippen molar-refractivity contribution < 1.29 is 9.53 Å². The lowest BCUT2D eigenvalue weighted by molar-refractivity contribution is 0.0993. The van der Waals surface area contributed by atoms with Gasteiger partial charge in [-0.05, 0) is 61.7 Å². The molecule has 0 spiro atoms. The summed E-state index contributed by atoms with van der Waals surface area (Å²) in [6.07, 6.45) is 3.71. The maximum Gasteiger partial charge on any atom is 0.167 e. The molecule has 0 radical (unpaired) electrons. The molecule has 0 N–H and O–H groups in total. The number of nitrogens with zero attached hydrogens (tertiary/aromatic N) is 1. The van der Waals surface area contributed by atoms with Crippen LogP contribution in [-0.2, 0) is 6.42 Å². The van der Waals surface area contributed by atoms with Crippen LogP contribution in [0.25, 0.3) is 0 Å². The van der Waals surface area contributed by atoms with E-state index in [9.17, 15) is 4.79 Å². The van der Waals surface area contributed by atoms with Crippen molar-refractivity contribution in [2.24, 2.45) is 0 Å². The highest BCUT2D eigenvalue weighted by Gasteiger charge is 2.10. The largest absolute Gasteiger partial charge is 0.496 e. The highest BCUT2D eigenvalue weighted by molar-refractivity contribution is 9.10. The Labute approximate surface area is 128 Å². The van der Waals surface area contributed by atoms with Gasteiger partial charge in [-0.15, -0.1) is 0 Å². The second-order valence-electron chi connectivity index (χ2n) is 3.96. The van der Waals surface area contributed by atoms with Crippen molar-refractivity contribution in [3.05, 3.63) is 56.7 Å². The van der Waals surface area contributed by atoms with E-state index >= 15 is 0 Å². The van der Waals surface area contributed by atoms with Gasteiger partial charge in [-0.25, -0.2) is 0 Å². The monoisotopic (exact) mass is 383 g/mol. The first-order valence-corrected chi connectivity index (χ1v) is 7.15. The lowest BCUT2D eigenvalue weighted by Gasteiger charge is -2.06. The summed E-state index contributed by atoms with van der Waals surface area (Å²) >= 11 is 6.72. The zero-order valence-electron chi connectivity index (χ0n) is 10.2. The van der Waals surface area contributed by atoms with Gasteiger partial charge < -0.3 is 4.74 Å². The Morgan fingerprint density at radius 3 is 2.68 bits per heavy atom. The predicted octanol–water partition coefficient (Wildman–Crippen LogP) is 4.04. The molecule has 0 bridgehead atoms. The third-order valence-corrected chi connectivity index (χ3v) is 3.65. The van der Waals surface area contributed by atoms with Crippen LogP contribution < -0.4 is 4.74 Å². The van der Waals surface area contributed by atoms with Crippen LogP contribution in [0.2, 0.25) is 0 Å². The molecule has 0 saturated heterocycles. The van der Waals surface area contributed by atoms with Crippen molar-refractivity contribution in [2.75, 3.05) is 7.11 Å². The van der Waals surface area contributed by atoms with Crippen LogP contribution in [0.5, 0.6) is 5.75 Å². The number of carbonyl (C=O) groups is 1. The number of carbonyl (C=O) groups excluding carboxylic acids is 1. The number of pyridine rings is 1. The van der Waals surface area contributed by atoms with Gasteiger partial charge >= 0.3 is 0 Å². The molecule has 19 heavy (non-hydrogen) atoms. The van der Waals surface area contributed by atoms with Gasteiger partial charge in [-0.1, -0.05) is 0 Å². The maximum atomic E-state index is 12.2. The number of aromatic nitrogens is 1. The lowest BCUT2D eigenvalue weighted by Crippen LogP contribution is -2.04. The van der Waals surface area contributed by atoms with Gasteiger partial charge in [0.05, 0.1) is 11.6 Å². The molecular formula is C14H11Br2NO2. The standard InChI is InChI=1S/C14H11Br2NO2/c1-19-14-3-2-10(6-12(14)16)13(18)5-9-4-11(15)8-17-7-9/h2-4,6-8H,5H2,1H3. The van der Waals surface area contributed by atoms with Crippen LogP contribution >= 0.6 is 31.9 Å². The van der Waals surface area contributed by atoms with Gasteiger partial charge in [-0.2, -0.15) is 0 Å². The fraction of sp³-hybridized carbons (Fsp3) is 0.143. The second kappa shape index (κ2) is 6.30. The summed E-state index contributed by atoms with van der Waals surface area (Å²) in [5.41, 5.74) is 1.53. The number of ether oxygens (including phenoxy) is 1. The molecule has 2 aromatic rings. The molecule has 0 aliphatic carbocycles. The minimum absolute atomic E-state index is 0.0447. The van der Waals surface area contributed by atoms with Gasteiger partial charge in [0, 0.05) is 28.9 Å². The van der Waals surface area contributed by atoms with E-state index in [4.69, 9.17) is 4.74 Å². The molecule has 1 heterocycles. The topological polar surface area (TPSA) is 39.2 Å². The molecule has 0 saturated carbocycles. The van der Waals surface area contributed by atoms with Crippen molar-refractivity contribution in [3.63, 3.8) is 0 Å². The molecule has 2 rings (SSSR count). The Bertz CT molecular complexity index is 614. The molecule has 5 heteroatoms. The Kier molecular flexibility index (Phi) is 4.71. The number of hydrogen-bond acceptors (Lipinski definition) is 3. The Balaban J connectivity index is 2.18. The summed E-state index contributed by atoms with van der Waals surface area (Å²) in [6, 6.07) is 7.20. The van der Waals surface area contributed by atoms with Gasteiger partial charge in [0.15, 0.2) is 5.78 Å². The van der Waals surface area contributed by atoms with Crippen molar-refractivity contribution >= 4 is 37.6 Å². The van der Waals surface area contributed by atoms with E-state index in [1.807, 2.05) is 6.07 Å². The number of Topliss-reactive ketones (excluding diaryl/α,β-unsaturated/α-hetero) is 1. The van der Waals surface area contributed by atoms with E-state index in [2.05, 4.69) is 36.8 Å². The quantitative estimate of drug-likeness (QED) is 0.746. The molecule has 0 atom stereocenters. The second-order valence-corrected chi connectivity index (χ2v) is 5.73. The molecule has 1 aromatic carbocycles. The van der Waals surface area contributed by atoms with Crippen molar-refractivity contribution in [2.45, 2.75) is 6.42 Å². The zero-order chi connectivity index (χ0) is 13.8. The fourth-order valence-electron chi connectivity index (χ4n) is 1.68. The van der Waals surface area contributed by atoms with Crippen molar-refractivity contribution in [1.82, 2.24) is 4.98 Å². The smallest absolute Gasteiger partial charge is 0.167 e. The highest BCUT2D eigenvalue weighted by Crippen LogP contribution is 2.26. The van der Waals surface area contributed by atoms with E-state index in [0.717, 1.165) is 14.5 Å². The number of hydrogen-bond donors (Lipinski definition) is 0. The van der Waals surface area contributed by atoms with Gasteiger partial charge in [0.2, 0.25) is 0 Å². The summed E-state index contributed by atoms with van der Waals surface area (Å²) in [6.45, 7) is 0. The minimum Gasteiger partial charge on any atom is -0.496 e. The SMILES string of the molecule is COc1ccc(C(=O)Cc2cncc(Br)c2)cc1Br. The summed E-state index contributed by atoms with van der Waals surface area (Å²) in [5, 5.41) is 0.